The maximum Gasteiger partial charge on any atom is 0.259 e. The van der Waals surface area contributed by atoms with E-state index in [2.05, 4.69) is 22.2 Å². The van der Waals surface area contributed by atoms with Crippen molar-refractivity contribution >= 4 is 11.5 Å². The van der Waals surface area contributed by atoms with Crippen molar-refractivity contribution in [3.8, 4) is 0 Å². The topological polar surface area (TPSA) is 104 Å². The Morgan fingerprint density at radius 3 is 2.75 bits per heavy atom. The van der Waals surface area contributed by atoms with Gasteiger partial charge in [-0.1, -0.05) is 6.92 Å². The maximum atomic E-state index is 12.7. The molecular weight excluding hydrogens is 306 g/mol. The van der Waals surface area contributed by atoms with Gasteiger partial charge in [0.25, 0.3) is 11.5 Å². The lowest BCUT2D eigenvalue weighted by Gasteiger charge is -2.22. The fraction of sp³-hybridized carbons (Fsp3) is 0.588. The molecule has 0 radical (unpaired) electrons. The molecule has 0 saturated carbocycles. The number of likely N-dealkylation sites (tertiary alicyclic amines) is 1. The first-order chi connectivity index (χ1) is 11.6. The molecule has 2 fully saturated rings. The van der Waals surface area contributed by atoms with Gasteiger partial charge in [0.05, 0.1) is 11.3 Å². The van der Waals surface area contributed by atoms with Crippen LogP contribution in [0.3, 0.4) is 0 Å². The Hall–Kier alpha value is -2.15. The number of hydrogen-bond donors (Lipinski definition) is 3. The van der Waals surface area contributed by atoms with Crippen molar-refractivity contribution in [2.24, 2.45) is 11.7 Å². The summed E-state index contributed by atoms with van der Waals surface area (Å²) in [6.45, 7) is 5.39. The molecule has 2 aliphatic rings. The van der Waals surface area contributed by atoms with Gasteiger partial charge in [-0.15, -0.1) is 0 Å². The third-order valence-electron chi connectivity index (χ3n) is 4.88. The predicted molar refractivity (Wildman–Crippen MR) is 92.2 cm³/mol. The highest BCUT2D eigenvalue weighted by atomic mass is 16.2. The molecule has 1 atom stereocenters. The number of rotatable bonds is 3. The molecule has 130 valence electrons. The standard InChI is InChI=1S/C17H25N5O2/c1-11-4-7-22(10-11)17(24)13(9-18)16-20-14(8-15(23)21-16)12-2-5-19-6-3-12/h8-9,11-12,19H,2-7,10,18H2,1H3,(H,20,21,23). The summed E-state index contributed by atoms with van der Waals surface area (Å²) in [6.07, 6.45) is 4.13. The zero-order valence-corrected chi connectivity index (χ0v) is 14.0. The minimum atomic E-state index is -0.240. The highest BCUT2D eigenvalue weighted by Crippen LogP contribution is 2.24. The third kappa shape index (κ3) is 3.51. The van der Waals surface area contributed by atoms with Crippen LogP contribution in [0.15, 0.2) is 17.1 Å². The van der Waals surface area contributed by atoms with Crippen molar-refractivity contribution in [1.29, 1.82) is 0 Å². The molecule has 3 rings (SSSR count). The number of carbonyl (C=O) groups excluding carboxylic acids is 1. The average molecular weight is 331 g/mol. The van der Waals surface area contributed by atoms with Gasteiger partial charge >= 0.3 is 0 Å². The number of H-pyrrole nitrogens is 1. The second kappa shape index (κ2) is 7.17. The molecule has 7 heteroatoms. The van der Waals surface area contributed by atoms with Crippen molar-refractivity contribution < 1.29 is 4.79 Å². The molecule has 0 spiro atoms. The Morgan fingerprint density at radius 2 is 2.12 bits per heavy atom. The molecule has 0 bridgehead atoms. The molecule has 1 aromatic rings. The summed E-state index contributed by atoms with van der Waals surface area (Å²) in [6, 6.07) is 1.54. The number of amides is 1. The molecule has 0 aliphatic carbocycles. The molecule has 0 aromatic carbocycles. The summed E-state index contributed by atoms with van der Waals surface area (Å²) in [4.78, 5) is 33.8. The lowest BCUT2D eigenvalue weighted by atomic mass is 9.94. The number of hydrogen-bond acceptors (Lipinski definition) is 5. The predicted octanol–water partition coefficient (Wildman–Crippen LogP) is 0.405. The number of piperidine rings is 1. The highest BCUT2D eigenvalue weighted by Gasteiger charge is 2.28. The maximum absolute atomic E-state index is 12.7. The molecule has 1 aromatic heterocycles. The smallest absolute Gasteiger partial charge is 0.259 e. The van der Waals surface area contributed by atoms with Crippen LogP contribution in [0.1, 0.15) is 43.6 Å². The summed E-state index contributed by atoms with van der Waals surface area (Å²) >= 11 is 0. The van der Waals surface area contributed by atoms with Crippen LogP contribution in [0.25, 0.3) is 5.57 Å². The number of aromatic nitrogens is 2. The quantitative estimate of drug-likeness (QED) is 0.696. The minimum absolute atomic E-state index is 0.160. The average Bonchev–Trinajstić information content (AvgIpc) is 3.02. The van der Waals surface area contributed by atoms with E-state index >= 15 is 0 Å². The van der Waals surface area contributed by atoms with Crippen molar-refractivity contribution in [2.45, 2.75) is 32.1 Å². The first-order valence-electron chi connectivity index (χ1n) is 8.62. The molecule has 24 heavy (non-hydrogen) atoms. The van der Waals surface area contributed by atoms with Gasteiger partial charge in [-0.2, -0.15) is 0 Å². The normalized spacial score (nSPS) is 22.8. The zero-order valence-electron chi connectivity index (χ0n) is 14.0. The van der Waals surface area contributed by atoms with Gasteiger partial charge in [0, 0.05) is 31.3 Å². The van der Waals surface area contributed by atoms with Gasteiger partial charge in [-0.25, -0.2) is 4.98 Å². The van der Waals surface area contributed by atoms with Crippen LogP contribution in [0.5, 0.6) is 0 Å². The largest absolute Gasteiger partial charge is 0.404 e. The number of aromatic amines is 1. The van der Waals surface area contributed by atoms with E-state index in [1.165, 1.54) is 12.3 Å². The van der Waals surface area contributed by atoms with Gasteiger partial charge in [0.2, 0.25) is 0 Å². The summed E-state index contributed by atoms with van der Waals surface area (Å²) in [5, 5.41) is 3.30. The van der Waals surface area contributed by atoms with E-state index in [1.807, 2.05) is 0 Å². The Labute approximate surface area is 141 Å². The second-order valence-electron chi connectivity index (χ2n) is 6.77. The minimum Gasteiger partial charge on any atom is -0.404 e. The SMILES string of the molecule is CC1CCN(C(=O)C(=CN)c2nc(C3CCNCC3)cc(=O)[nH]2)C1. The van der Waals surface area contributed by atoms with Crippen LogP contribution in [0, 0.1) is 5.92 Å². The van der Waals surface area contributed by atoms with Gasteiger partial charge < -0.3 is 20.9 Å². The molecule has 2 aliphatic heterocycles. The van der Waals surface area contributed by atoms with E-state index in [4.69, 9.17) is 5.73 Å². The van der Waals surface area contributed by atoms with E-state index in [0.29, 0.717) is 12.5 Å². The van der Waals surface area contributed by atoms with E-state index in [0.717, 1.165) is 44.6 Å². The lowest BCUT2D eigenvalue weighted by molar-refractivity contribution is -0.124. The van der Waals surface area contributed by atoms with E-state index in [1.54, 1.807) is 4.90 Å². The molecular formula is C17H25N5O2. The fourth-order valence-corrected chi connectivity index (χ4v) is 3.47. The molecule has 1 unspecified atom stereocenters. The number of nitrogens with zero attached hydrogens (tertiary/aromatic N) is 2. The van der Waals surface area contributed by atoms with Gasteiger partial charge in [-0.3, -0.25) is 9.59 Å². The van der Waals surface area contributed by atoms with Crippen LogP contribution in [-0.4, -0.2) is 47.0 Å². The summed E-state index contributed by atoms with van der Waals surface area (Å²) in [7, 11) is 0. The molecule has 4 N–H and O–H groups in total. The third-order valence-corrected chi connectivity index (χ3v) is 4.88. The molecule has 3 heterocycles. The van der Waals surface area contributed by atoms with Crippen molar-refractivity contribution in [3.05, 3.63) is 34.1 Å². The van der Waals surface area contributed by atoms with Crippen LogP contribution in [-0.2, 0) is 4.79 Å². The van der Waals surface area contributed by atoms with Crippen LogP contribution >= 0.6 is 0 Å². The second-order valence-corrected chi connectivity index (χ2v) is 6.77. The highest BCUT2D eigenvalue weighted by molar-refractivity contribution is 6.18. The number of carbonyl (C=O) groups is 1. The van der Waals surface area contributed by atoms with Crippen LogP contribution in [0.4, 0.5) is 0 Å². The van der Waals surface area contributed by atoms with Gasteiger partial charge in [0.15, 0.2) is 0 Å². The van der Waals surface area contributed by atoms with Gasteiger partial charge in [0.1, 0.15) is 5.82 Å². The van der Waals surface area contributed by atoms with Crippen molar-refractivity contribution in [3.63, 3.8) is 0 Å². The van der Waals surface area contributed by atoms with Crippen LogP contribution < -0.4 is 16.6 Å². The summed E-state index contributed by atoms with van der Waals surface area (Å²) < 4.78 is 0. The van der Waals surface area contributed by atoms with Crippen molar-refractivity contribution in [1.82, 2.24) is 20.2 Å². The van der Waals surface area contributed by atoms with Crippen LogP contribution in [0.2, 0.25) is 0 Å². The molecule has 7 nitrogen and oxygen atoms in total. The Kier molecular flexibility index (Phi) is 4.99. The monoisotopic (exact) mass is 331 g/mol. The lowest BCUT2D eigenvalue weighted by Crippen LogP contribution is -2.31. The number of nitrogens with two attached hydrogens (primary N) is 1. The summed E-state index contributed by atoms with van der Waals surface area (Å²) in [5.41, 5.74) is 6.49. The van der Waals surface area contributed by atoms with Crippen molar-refractivity contribution in [2.75, 3.05) is 26.2 Å². The molecule has 1 amide bonds. The first kappa shape index (κ1) is 16.7. The summed E-state index contributed by atoms with van der Waals surface area (Å²) in [5.74, 6) is 0.852. The van der Waals surface area contributed by atoms with E-state index < -0.39 is 0 Å². The Balaban J connectivity index is 1.87. The molecule has 2 saturated heterocycles. The Bertz CT molecular complexity index is 690. The Morgan fingerprint density at radius 1 is 1.38 bits per heavy atom. The number of nitrogens with one attached hydrogen (secondary N) is 2. The zero-order chi connectivity index (χ0) is 17.1. The van der Waals surface area contributed by atoms with E-state index in [9.17, 15) is 9.59 Å². The first-order valence-corrected chi connectivity index (χ1v) is 8.62. The van der Waals surface area contributed by atoms with E-state index in [-0.39, 0.29) is 28.8 Å². The van der Waals surface area contributed by atoms with Gasteiger partial charge in [-0.05, 0) is 38.3 Å². The fourth-order valence-electron chi connectivity index (χ4n) is 3.47.